The number of aromatic nitrogens is 2. The fraction of sp³-hybridized carbons (Fsp3) is 0.292. The summed E-state index contributed by atoms with van der Waals surface area (Å²) in [6.07, 6.45) is -7.54. The monoisotopic (exact) mass is 494 g/mol. The number of nitrogens with one attached hydrogen (secondary N) is 1. The summed E-state index contributed by atoms with van der Waals surface area (Å²) >= 11 is 0. The predicted octanol–water partition coefficient (Wildman–Crippen LogP) is 5.58. The van der Waals surface area contributed by atoms with Crippen molar-refractivity contribution in [3.05, 3.63) is 77.6 Å². The molecule has 184 valence electrons. The van der Waals surface area contributed by atoms with Crippen molar-refractivity contribution in [1.82, 2.24) is 15.3 Å². The van der Waals surface area contributed by atoms with Crippen molar-refractivity contribution in [2.45, 2.75) is 31.2 Å². The quantitative estimate of drug-likeness (QED) is 0.481. The number of anilines is 1. The highest BCUT2D eigenvalue weighted by atomic mass is 19.4. The van der Waals surface area contributed by atoms with Gasteiger partial charge in [0, 0.05) is 36.6 Å². The Morgan fingerprint density at radius 2 is 1.49 bits per heavy atom. The van der Waals surface area contributed by atoms with E-state index in [4.69, 9.17) is 0 Å². The zero-order valence-corrected chi connectivity index (χ0v) is 18.2. The van der Waals surface area contributed by atoms with Gasteiger partial charge >= 0.3 is 12.4 Å². The van der Waals surface area contributed by atoms with Gasteiger partial charge in [-0.1, -0.05) is 18.2 Å². The van der Waals surface area contributed by atoms with Crippen LogP contribution < -0.4 is 10.2 Å². The Bertz CT molecular complexity index is 1160. The number of carbonyl (C=O) groups excluding carboxylic acids is 1. The maximum Gasteiger partial charge on any atom is 0.416 e. The zero-order valence-electron chi connectivity index (χ0n) is 18.2. The first kappa shape index (κ1) is 24.5. The van der Waals surface area contributed by atoms with Crippen molar-refractivity contribution in [3.8, 4) is 11.4 Å². The SMILES string of the molecule is O=C(NC1CCN(c2ccccc2)CC1)c1ccnc(-c2cc(C(F)(F)F)cc(C(F)(F)F)c2)n1. The van der Waals surface area contributed by atoms with Crippen LogP contribution >= 0.6 is 0 Å². The molecular formula is C24H20F6N4O. The molecule has 0 atom stereocenters. The normalized spacial score (nSPS) is 15.2. The van der Waals surface area contributed by atoms with Crippen molar-refractivity contribution in [2.24, 2.45) is 0 Å². The number of piperidine rings is 1. The summed E-state index contributed by atoms with van der Waals surface area (Å²) in [7, 11) is 0. The number of halogens is 6. The number of para-hydroxylation sites is 1. The summed E-state index contributed by atoms with van der Waals surface area (Å²) in [6, 6.07) is 12.0. The summed E-state index contributed by atoms with van der Waals surface area (Å²) in [6.45, 7) is 1.43. The van der Waals surface area contributed by atoms with Crippen LogP contribution in [-0.2, 0) is 12.4 Å². The van der Waals surface area contributed by atoms with Crippen LogP contribution in [0.15, 0.2) is 60.8 Å². The van der Waals surface area contributed by atoms with Gasteiger partial charge in [-0.15, -0.1) is 0 Å². The van der Waals surface area contributed by atoms with E-state index in [-0.39, 0.29) is 17.8 Å². The largest absolute Gasteiger partial charge is 0.416 e. The first-order valence-electron chi connectivity index (χ1n) is 10.7. The number of hydrogen-bond acceptors (Lipinski definition) is 4. The van der Waals surface area contributed by atoms with Crippen molar-refractivity contribution in [2.75, 3.05) is 18.0 Å². The lowest BCUT2D eigenvalue weighted by Gasteiger charge is -2.33. The van der Waals surface area contributed by atoms with Gasteiger partial charge in [0.25, 0.3) is 5.91 Å². The van der Waals surface area contributed by atoms with Gasteiger partial charge in [0.1, 0.15) is 5.69 Å². The van der Waals surface area contributed by atoms with Crippen LogP contribution in [0.1, 0.15) is 34.5 Å². The Balaban J connectivity index is 1.50. The van der Waals surface area contributed by atoms with Crippen LogP contribution in [0.2, 0.25) is 0 Å². The Hall–Kier alpha value is -3.63. The Labute approximate surface area is 196 Å². The lowest BCUT2D eigenvalue weighted by atomic mass is 10.0. The molecule has 0 spiro atoms. The number of nitrogens with zero attached hydrogens (tertiary/aromatic N) is 3. The summed E-state index contributed by atoms with van der Waals surface area (Å²) in [5, 5.41) is 2.84. The third kappa shape index (κ3) is 5.90. The number of carbonyl (C=O) groups is 1. The topological polar surface area (TPSA) is 58.1 Å². The lowest BCUT2D eigenvalue weighted by Crippen LogP contribution is -2.44. The molecule has 0 unspecified atom stereocenters. The Kier molecular flexibility index (Phi) is 6.68. The third-order valence-electron chi connectivity index (χ3n) is 5.69. The van der Waals surface area contributed by atoms with E-state index in [1.165, 1.54) is 6.07 Å². The molecule has 1 N–H and O–H groups in total. The van der Waals surface area contributed by atoms with Gasteiger partial charge < -0.3 is 10.2 Å². The van der Waals surface area contributed by atoms with Gasteiger partial charge in [0.05, 0.1) is 11.1 Å². The van der Waals surface area contributed by atoms with Gasteiger partial charge in [0.15, 0.2) is 5.82 Å². The molecular weight excluding hydrogens is 474 g/mol. The van der Waals surface area contributed by atoms with E-state index in [9.17, 15) is 31.1 Å². The first-order chi connectivity index (χ1) is 16.5. The maximum atomic E-state index is 13.2. The molecule has 1 aliphatic rings. The third-order valence-corrected chi connectivity index (χ3v) is 5.69. The minimum Gasteiger partial charge on any atom is -0.371 e. The van der Waals surface area contributed by atoms with E-state index in [2.05, 4.69) is 20.2 Å². The molecule has 1 aromatic heterocycles. The number of hydrogen-bond donors (Lipinski definition) is 1. The standard InChI is InChI=1S/C24H20F6N4O/c25-23(26,27)16-12-15(13-17(14-16)24(28,29)30)21-31-9-6-20(33-21)22(35)32-18-7-10-34(11-8-18)19-4-2-1-3-5-19/h1-6,9,12-14,18H,7-8,10-11H2,(H,32,35). The molecule has 0 bridgehead atoms. The Morgan fingerprint density at radius 3 is 2.06 bits per heavy atom. The van der Waals surface area contributed by atoms with Crippen molar-refractivity contribution >= 4 is 11.6 Å². The molecule has 35 heavy (non-hydrogen) atoms. The van der Waals surface area contributed by atoms with Crippen LogP contribution in [-0.4, -0.2) is 35.0 Å². The highest BCUT2D eigenvalue weighted by Gasteiger charge is 2.37. The van der Waals surface area contributed by atoms with Crippen molar-refractivity contribution in [3.63, 3.8) is 0 Å². The van der Waals surface area contributed by atoms with E-state index in [1.54, 1.807) is 0 Å². The fourth-order valence-electron chi connectivity index (χ4n) is 3.89. The second-order valence-corrected chi connectivity index (χ2v) is 8.13. The highest BCUT2D eigenvalue weighted by Crippen LogP contribution is 2.38. The smallest absolute Gasteiger partial charge is 0.371 e. The number of alkyl halides is 6. The maximum absolute atomic E-state index is 13.2. The molecule has 2 aromatic carbocycles. The van der Waals surface area contributed by atoms with Crippen LogP contribution in [0.3, 0.4) is 0 Å². The van der Waals surface area contributed by atoms with Crippen LogP contribution in [0.5, 0.6) is 0 Å². The second-order valence-electron chi connectivity index (χ2n) is 8.13. The summed E-state index contributed by atoms with van der Waals surface area (Å²) < 4.78 is 79.1. The molecule has 1 amide bonds. The van der Waals surface area contributed by atoms with E-state index in [0.717, 1.165) is 11.9 Å². The highest BCUT2D eigenvalue weighted by molar-refractivity contribution is 5.92. The minimum atomic E-state index is -5.00. The lowest BCUT2D eigenvalue weighted by molar-refractivity contribution is -0.143. The molecule has 1 saturated heterocycles. The van der Waals surface area contributed by atoms with E-state index in [0.29, 0.717) is 38.1 Å². The van der Waals surface area contributed by atoms with E-state index >= 15 is 0 Å². The molecule has 3 aromatic rings. The van der Waals surface area contributed by atoms with Gasteiger partial charge in [-0.3, -0.25) is 4.79 Å². The van der Waals surface area contributed by atoms with Crippen LogP contribution in [0.25, 0.3) is 11.4 Å². The second kappa shape index (κ2) is 9.55. The van der Waals surface area contributed by atoms with Crippen molar-refractivity contribution < 1.29 is 31.1 Å². The first-order valence-corrected chi connectivity index (χ1v) is 10.7. The van der Waals surface area contributed by atoms with E-state index < -0.39 is 40.8 Å². The molecule has 1 aliphatic heterocycles. The molecule has 0 radical (unpaired) electrons. The molecule has 0 saturated carbocycles. The molecule has 0 aliphatic carbocycles. The van der Waals surface area contributed by atoms with Crippen LogP contribution in [0, 0.1) is 0 Å². The minimum absolute atomic E-state index is 0.0296. The van der Waals surface area contributed by atoms with E-state index in [1.807, 2.05) is 30.3 Å². The summed E-state index contributed by atoms with van der Waals surface area (Å²) in [5.74, 6) is -0.983. The average molecular weight is 494 g/mol. The molecule has 2 heterocycles. The van der Waals surface area contributed by atoms with Crippen LogP contribution in [0.4, 0.5) is 32.0 Å². The number of amides is 1. The van der Waals surface area contributed by atoms with Gasteiger partial charge in [-0.05, 0) is 49.2 Å². The summed E-state index contributed by atoms with van der Waals surface area (Å²) in [5.41, 5.74) is -2.52. The zero-order chi connectivity index (χ0) is 25.2. The molecule has 4 rings (SSSR count). The molecule has 1 fully saturated rings. The fourth-order valence-corrected chi connectivity index (χ4v) is 3.89. The number of rotatable bonds is 4. The van der Waals surface area contributed by atoms with Gasteiger partial charge in [0.2, 0.25) is 0 Å². The average Bonchev–Trinajstić information content (AvgIpc) is 2.84. The molecule has 5 nitrogen and oxygen atoms in total. The molecule has 11 heteroatoms. The Morgan fingerprint density at radius 1 is 0.886 bits per heavy atom. The van der Waals surface area contributed by atoms with Gasteiger partial charge in [-0.25, -0.2) is 9.97 Å². The number of benzene rings is 2. The van der Waals surface area contributed by atoms with Crippen molar-refractivity contribution in [1.29, 1.82) is 0 Å². The predicted molar refractivity (Wildman–Crippen MR) is 117 cm³/mol. The summed E-state index contributed by atoms with van der Waals surface area (Å²) in [4.78, 5) is 22.7. The van der Waals surface area contributed by atoms with Gasteiger partial charge in [-0.2, -0.15) is 26.3 Å².